The summed E-state index contributed by atoms with van der Waals surface area (Å²) in [5.74, 6) is 0.584. The number of esters is 1. The van der Waals surface area contributed by atoms with Gasteiger partial charge in [-0.2, -0.15) is 0 Å². The molecular weight excluding hydrogens is 312 g/mol. The van der Waals surface area contributed by atoms with Crippen molar-refractivity contribution in [3.63, 3.8) is 0 Å². The van der Waals surface area contributed by atoms with Crippen molar-refractivity contribution in [2.45, 2.75) is 75.9 Å². The average molecular weight is 342 g/mol. The minimum absolute atomic E-state index is 0.0200. The fourth-order valence-electron chi connectivity index (χ4n) is 5.58. The van der Waals surface area contributed by atoms with Gasteiger partial charge in [0.25, 0.3) is 0 Å². The molecule has 0 aromatic heterocycles. The molecule has 0 amide bonds. The van der Waals surface area contributed by atoms with Crippen LogP contribution < -0.4 is 0 Å². The third kappa shape index (κ3) is 3.12. The lowest BCUT2D eigenvalue weighted by Crippen LogP contribution is -2.48. The normalized spacial score (nSPS) is 32.1. The van der Waals surface area contributed by atoms with Crippen molar-refractivity contribution in [3.05, 3.63) is 35.9 Å². The molecule has 3 heteroatoms. The minimum Gasteiger partial charge on any atom is -0.459 e. The number of hydrogen-bond acceptors (Lipinski definition) is 3. The molecule has 0 heterocycles. The van der Waals surface area contributed by atoms with Crippen LogP contribution in [0.3, 0.4) is 0 Å². The Morgan fingerprint density at radius 3 is 2.00 bits per heavy atom. The number of aliphatic hydroxyl groups is 1. The van der Waals surface area contributed by atoms with Crippen LogP contribution in [0.5, 0.6) is 0 Å². The van der Waals surface area contributed by atoms with Gasteiger partial charge >= 0.3 is 5.97 Å². The van der Waals surface area contributed by atoms with E-state index in [-0.39, 0.29) is 12.0 Å². The van der Waals surface area contributed by atoms with E-state index in [1.54, 1.807) is 0 Å². The molecule has 3 saturated carbocycles. The average Bonchev–Trinajstić information content (AvgIpc) is 3.16. The third-order valence-electron chi connectivity index (χ3n) is 6.94. The Balaban J connectivity index is 1.60. The zero-order valence-electron chi connectivity index (χ0n) is 15.0. The fourth-order valence-corrected chi connectivity index (χ4v) is 5.58. The summed E-state index contributed by atoms with van der Waals surface area (Å²) >= 11 is 0. The van der Waals surface area contributed by atoms with Crippen molar-refractivity contribution in [3.8, 4) is 0 Å². The van der Waals surface area contributed by atoms with Crippen LogP contribution in [0.1, 0.15) is 69.8 Å². The van der Waals surface area contributed by atoms with Crippen LogP contribution in [0, 0.1) is 17.8 Å². The highest BCUT2D eigenvalue weighted by Crippen LogP contribution is 2.45. The van der Waals surface area contributed by atoms with E-state index in [0.717, 1.165) is 25.7 Å². The summed E-state index contributed by atoms with van der Waals surface area (Å²) in [5.41, 5.74) is -0.781. The van der Waals surface area contributed by atoms with Gasteiger partial charge < -0.3 is 9.84 Å². The molecular formula is C22H30O3. The summed E-state index contributed by atoms with van der Waals surface area (Å²) in [6, 6.07) is 9.48. The topological polar surface area (TPSA) is 46.5 Å². The molecule has 0 radical (unpaired) electrons. The molecule has 1 aromatic rings. The van der Waals surface area contributed by atoms with Crippen LogP contribution in [0.2, 0.25) is 0 Å². The van der Waals surface area contributed by atoms with E-state index in [1.807, 2.05) is 30.3 Å². The fraction of sp³-hybridized carbons (Fsp3) is 0.682. The van der Waals surface area contributed by atoms with E-state index < -0.39 is 11.6 Å². The van der Waals surface area contributed by atoms with Gasteiger partial charge in [0.15, 0.2) is 5.60 Å². The smallest absolute Gasteiger partial charge is 0.343 e. The van der Waals surface area contributed by atoms with Crippen molar-refractivity contribution in [2.75, 3.05) is 0 Å². The molecule has 0 aliphatic heterocycles. The number of benzene rings is 1. The van der Waals surface area contributed by atoms with Gasteiger partial charge in [-0.15, -0.1) is 0 Å². The molecule has 25 heavy (non-hydrogen) atoms. The summed E-state index contributed by atoms with van der Waals surface area (Å²) in [6.45, 7) is 0. The van der Waals surface area contributed by atoms with Crippen LogP contribution in [0.25, 0.3) is 0 Å². The lowest BCUT2D eigenvalue weighted by molar-refractivity contribution is -0.189. The molecule has 1 N–H and O–H groups in total. The maximum absolute atomic E-state index is 13.3. The molecule has 3 nitrogen and oxygen atoms in total. The summed E-state index contributed by atoms with van der Waals surface area (Å²) < 4.78 is 6.10. The van der Waals surface area contributed by atoms with Crippen LogP contribution in [0.4, 0.5) is 0 Å². The van der Waals surface area contributed by atoms with Crippen molar-refractivity contribution in [1.29, 1.82) is 0 Å². The summed E-state index contributed by atoms with van der Waals surface area (Å²) in [6.07, 6.45) is 11.2. The quantitative estimate of drug-likeness (QED) is 0.815. The second-order valence-corrected chi connectivity index (χ2v) is 8.37. The highest BCUT2D eigenvalue weighted by molar-refractivity contribution is 5.81. The molecule has 0 saturated heterocycles. The highest BCUT2D eigenvalue weighted by atomic mass is 16.6. The first-order chi connectivity index (χ1) is 12.2. The molecule has 2 bridgehead atoms. The summed E-state index contributed by atoms with van der Waals surface area (Å²) in [5, 5.41) is 11.6. The van der Waals surface area contributed by atoms with Crippen LogP contribution >= 0.6 is 0 Å². The van der Waals surface area contributed by atoms with Crippen molar-refractivity contribution >= 4 is 5.97 Å². The predicted octanol–water partition coefficient (Wildman–Crippen LogP) is 4.58. The van der Waals surface area contributed by atoms with Gasteiger partial charge in [0.2, 0.25) is 0 Å². The number of fused-ring (bicyclic) bond motifs is 2. The van der Waals surface area contributed by atoms with Gasteiger partial charge in [-0.25, -0.2) is 4.79 Å². The van der Waals surface area contributed by atoms with Crippen LogP contribution in [0.15, 0.2) is 30.3 Å². The van der Waals surface area contributed by atoms with Gasteiger partial charge in [0.05, 0.1) is 0 Å². The number of hydrogen-bond donors (Lipinski definition) is 1. The zero-order chi connectivity index (χ0) is 17.3. The molecule has 3 aliphatic carbocycles. The first-order valence-electron chi connectivity index (χ1n) is 10.2. The Kier molecular flexibility index (Phi) is 4.86. The maximum atomic E-state index is 13.3. The Labute approximate surface area is 150 Å². The minimum atomic E-state index is -1.48. The first-order valence-corrected chi connectivity index (χ1v) is 10.2. The molecule has 0 spiro atoms. The van der Waals surface area contributed by atoms with Crippen LogP contribution in [-0.4, -0.2) is 17.2 Å². The van der Waals surface area contributed by atoms with Gasteiger partial charge in [-0.05, 0) is 55.9 Å². The maximum Gasteiger partial charge on any atom is 0.343 e. The molecule has 3 aliphatic rings. The summed E-state index contributed by atoms with van der Waals surface area (Å²) in [4.78, 5) is 13.3. The number of rotatable bonds is 4. The van der Waals surface area contributed by atoms with E-state index in [1.165, 1.54) is 38.5 Å². The van der Waals surface area contributed by atoms with E-state index in [4.69, 9.17) is 4.74 Å². The van der Waals surface area contributed by atoms with Crippen LogP contribution in [-0.2, 0) is 15.1 Å². The predicted molar refractivity (Wildman–Crippen MR) is 96.9 cm³/mol. The Hall–Kier alpha value is -1.35. The number of carbonyl (C=O) groups is 1. The van der Waals surface area contributed by atoms with Crippen molar-refractivity contribution in [2.24, 2.45) is 17.8 Å². The summed E-state index contributed by atoms with van der Waals surface area (Å²) in [7, 11) is 0. The van der Waals surface area contributed by atoms with E-state index >= 15 is 0 Å². The molecule has 136 valence electrons. The lowest BCUT2D eigenvalue weighted by atomic mass is 9.70. The molecule has 4 rings (SSSR count). The standard InChI is InChI=1S/C22H30O3/c23-21(25-20-16-8-6-9-17(20)11-7-10-16)22(24,19-14-4-5-15-19)18-12-2-1-3-13-18/h1-3,12-13,16-17,19-20,24H,4-11,14-15H2/t16?,17?,20?,22-/m0/s1. The van der Waals surface area contributed by atoms with Crippen molar-refractivity contribution in [1.82, 2.24) is 0 Å². The van der Waals surface area contributed by atoms with Gasteiger partial charge in [0.1, 0.15) is 6.10 Å². The van der Waals surface area contributed by atoms with E-state index in [2.05, 4.69) is 0 Å². The second-order valence-electron chi connectivity index (χ2n) is 8.37. The molecule has 0 unspecified atom stereocenters. The monoisotopic (exact) mass is 342 g/mol. The molecule has 1 aromatic carbocycles. The molecule has 1 atom stereocenters. The largest absolute Gasteiger partial charge is 0.459 e. The Bertz CT molecular complexity index is 571. The van der Waals surface area contributed by atoms with Gasteiger partial charge in [-0.3, -0.25) is 0 Å². The zero-order valence-corrected chi connectivity index (χ0v) is 15.0. The van der Waals surface area contributed by atoms with E-state index in [0.29, 0.717) is 17.4 Å². The molecule has 3 fully saturated rings. The van der Waals surface area contributed by atoms with Crippen molar-refractivity contribution < 1.29 is 14.6 Å². The van der Waals surface area contributed by atoms with Gasteiger partial charge in [0, 0.05) is 5.92 Å². The Morgan fingerprint density at radius 1 is 0.880 bits per heavy atom. The highest BCUT2D eigenvalue weighted by Gasteiger charge is 2.50. The lowest BCUT2D eigenvalue weighted by Gasteiger charge is -2.43. The third-order valence-corrected chi connectivity index (χ3v) is 6.94. The Morgan fingerprint density at radius 2 is 1.44 bits per heavy atom. The van der Waals surface area contributed by atoms with Gasteiger partial charge in [-0.1, -0.05) is 56.0 Å². The first kappa shape index (κ1) is 17.1. The number of ether oxygens (including phenoxy) is 1. The van der Waals surface area contributed by atoms with E-state index in [9.17, 15) is 9.90 Å². The number of carbonyl (C=O) groups excluding carboxylic acids is 1. The second kappa shape index (κ2) is 7.11. The SMILES string of the molecule is O=C(OC1C2CCCC1CCC2)[C@](O)(c1ccccc1)C1CCCC1.